The Hall–Kier alpha value is -2.22. The molecule has 1 atom stereocenters. The van der Waals surface area contributed by atoms with Gasteiger partial charge in [-0.15, -0.1) is 0 Å². The number of alkyl halides is 3. The lowest BCUT2D eigenvalue weighted by Gasteiger charge is -2.40. The number of rotatable bonds is 2. The zero-order valence-corrected chi connectivity index (χ0v) is 13.1. The van der Waals surface area contributed by atoms with Gasteiger partial charge in [0, 0.05) is 24.5 Å². The van der Waals surface area contributed by atoms with E-state index in [4.69, 9.17) is 0 Å². The summed E-state index contributed by atoms with van der Waals surface area (Å²) in [4.78, 5) is 14.3. The molecule has 0 saturated carbocycles. The maximum atomic E-state index is 13.1. The van der Waals surface area contributed by atoms with Gasteiger partial charge in [-0.25, -0.2) is 9.97 Å². The van der Waals surface area contributed by atoms with Crippen LogP contribution in [-0.4, -0.2) is 44.9 Å². The quantitative estimate of drug-likeness (QED) is 0.912. The lowest BCUT2D eigenvalue weighted by atomic mass is 9.92. The van der Waals surface area contributed by atoms with Crippen LogP contribution in [0.4, 0.5) is 19.0 Å². The molecule has 2 aromatic heterocycles. The van der Waals surface area contributed by atoms with E-state index >= 15 is 0 Å². The van der Waals surface area contributed by atoms with E-state index in [0.29, 0.717) is 29.6 Å². The zero-order chi connectivity index (χ0) is 17.4. The van der Waals surface area contributed by atoms with E-state index in [2.05, 4.69) is 15.0 Å². The minimum absolute atomic E-state index is 0.234. The third-order valence-corrected chi connectivity index (χ3v) is 4.06. The van der Waals surface area contributed by atoms with Crippen LogP contribution in [0.25, 0.3) is 11.5 Å². The van der Waals surface area contributed by atoms with Crippen molar-refractivity contribution in [1.82, 2.24) is 15.0 Å². The Labute approximate surface area is 137 Å². The summed E-state index contributed by atoms with van der Waals surface area (Å²) in [5.74, 6) is 0.720. The van der Waals surface area contributed by atoms with Gasteiger partial charge >= 0.3 is 6.18 Å². The molecule has 1 N–H and O–H groups in total. The molecule has 8 heteroatoms. The molecule has 0 radical (unpaired) electrons. The Morgan fingerprint density at radius 3 is 2.71 bits per heavy atom. The second kappa shape index (κ2) is 6.01. The minimum atomic E-state index is -4.67. The molecule has 1 aliphatic rings. The first-order valence-corrected chi connectivity index (χ1v) is 7.60. The molecule has 5 nitrogen and oxygen atoms in total. The highest BCUT2D eigenvalue weighted by Crippen LogP contribution is 2.38. The van der Waals surface area contributed by atoms with Crippen LogP contribution in [0.15, 0.2) is 30.5 Å². The largest absolute Gasteiger partial charge is 0.418 e. The molecule has 0 aromatic carbocycles. The number of nitrogens with zero attached hydrogens (tertiary/aromatic N) is 4. The molecule has 1 saturated heterocycles. The molecular weight excluding hydrogens is 321 g/mol. The van der Waals surface area contributed by atoms with Gasteiger partial charge in [0.15, 0.2) is 11.4 Å². The Morgan fingerprint density at radius 1 is 1.25 bits per heavy atom. The maximum Gasteiger partial charge on any atom is 0.418 e. The highest BCUT2D eigenvalue weighted by atomic mass is 19.4. The fraction of sp³-hybridized carbons (Fsp3) is 0.438. The van der Waals surface area contributed by atoms with E-state index in [9.17, 15) is 18.3 Å². The molecule has 0 amide bonds. The van der Waals surface area contributed by atoms with Gasteiger partial charge in [-0.2, -0.15) is 13.2 Å². The molecule has 0 bridgehead atoms. The minimum Gasteiger partial charge on any atom is -0.379 e. The van der Waals surface area contributed by atoms with Gasteiger partial charge in [0.25, 0.3) is 0 Å². The summed E-state index contributed by atoms with van der Waals surface area (Å²) < 4.78 is 39.4. The van der Waals surface area contributed by atoms with Crippen molar-refractivity contribution in [2.24, 2.45) is 0 Å². The highest BCUT2D eigenvalue weighted by Gasteiger charge is 2.55. The normalized spacial score (nSPS) is 21.8. The molecule has 128 valence electrons. The van der Waals surface area contributed by atoms with Gasteiger partial charge in [0.2, 0.25) is 0 Å². The summed E-state index contributed by atoms with van der Waals surface area (Å²) in [6, 6.07) is 6.90. The number of hydrogen-bond acceptors (Lipinski definition) is 5. The van der Waals surface area contributed by atoms with E-state index in [1.165, 1.54) is 4.90 Å². The Kier molecular flexibility index (Phi) is 4.16. The van der Waals surface area contributed by atoms with E-state index in [0.717, 1.165) is 0 Å². The topological polar surface area (TPSA) is 62.1 Å². The van der Waals surface area contributed by atoms with Gasteiger partial charge in [0.1, 0.15) is 11.5 Å². The van der Waals surface area contributed by atoms with Crippen molar-refractivity contribution in [1.29, 1.82) is 0 Å². The lowest BCUT2D eigenvalue weighted by molar-refractivity contribution is -0.261. The van der Waals surface area contributed by atoms with Crippen molar-refractivity contribution in [2.75, 3.05) is 18.0 Å². The van der Waals surface area contributed by atoms with Crippen LogP contribution >= 0.6 is 0 Å². The number of aromatic nitrogens is 3. The standard InChI is InChI=1S/C16H17F3N4O/c1-11-9-13(22-14(21-11)12-5-2-3-7-20-12)23-8-4-6-15(24,10-23)16(17,18)19/h2-3,5,7,9,24H,4,6,8,10H2,1H3/t15-/m0/s1. The molecule has 0 unspecified atom stereocenters. The zero-order valence-electron chi connectivity index (χ0n) is 13.1. The van der Waals surface area contributed by atoms with Crippen LogP contribution in [-0.2, 0) is 0 Å². The molecule has 1 aliphatic heterocycles. The predicted octanol–water partition coefficient (Wildman–Crippen LogP) is 2.74. The summed E-state index contributed by atoms with van der Waals surface area (Å²) >= 11 is 0. The van der Waals surface area contributed by atoms with Crippen molar-refractivity contribution in [3.8, 4) is 11.5 Å². The van der Waals surface area contributed by atoms with Crippen molar-refractivity contribution < 1.29 is 18.3 Å². The summed E-state index contributed by atoms with van der Waals surface area (Å²) in [6.45, 7) is 1.61. The van der Waals surface area contributed by atoms with Crippen molar-refractivity contribution in [3.63, 3.8) is 0 Å². The van der Waals surface area contributed by atoms with Gasteiger partial charge in [-0.05, 0) is 31.9 Å². The maximum absolute atomic E-state index is 13.1. The number of hydrogen-bond donors (Lipinski definition) is 1. The van der Waals surface area contributed by atoms with E-state index in [1.807, 2.05) is 0 Å². The molecule has 2 aromatic rings. The van der Waals surface area contributed by atoms with Crippen LogP contribution in [0, 0.1) is 6.92 Å². The van der Waals surface area contributed by atoms with E-state index in [-0.39, 0.29) is 12.8 Å². The Morgan fingerprint density at radius 2 is 2.04 bits per heavy atom. The van der Waals surface area contributed by atoms with Crippen LogP contribution < -0.4 is 4.90 Å². The van der Waals surface area contributed by atoms with Crippen LogP contribution in [0.1, 0.15) is 18.5 Å². The molecular formula is C16H17F3N4O. The highest BCUT2D eigenvalue weighted by molar-refractivity contribution is 5.54. The first-order chi connectivity index (χ1) is 11.3. The fourth-order valence-corrected chi connectivity index (χ4v) is 2.79. The number of anilines is 1. The third kappa shape index (κ3) is 3.19. The monoisotopic (exact) mass is 338 g/mol. The summed E-state index contributed by atoms with van der Waals surface area (Å²) in [6.07, 6.45) is -3.14. The predicted molar refractivity (Wildman–Crippen MR) is 82.5 cm³/mol. The lowest BCUT2D eigenvalue weighted by Crippen LogP contribution is -2.57. The van der Waals surface area contributed by atoms with E-state index in [1.54, 1.807) is 37.4 Å². The summed E-state index contributed by atoms with van der Waals surface area (Å²) in [5.41, 5.74) is -1.54. The van der Waals surface area contributed by atoms with Crippen LogP contribution in [0.2, 0.25) is 0 Å². The smallest absolute Gasteiger partial charge is 0.379 e. The number of piperidine rings is 1. The molecule has 3 heterocycles. The molecule has 0 spiro atoms. The SMILES string of the molecule is Cc1cc(N2CCC[C@@](O)(C(F)(F)F)C2)nc(-c2ccccn2)n1. The third-order valence-electron chi connectivity index (χ3n) is 4.06. The molecule has 0 aliphatic carbocycles. The van der Waals surface area contributed by atoms with Gasteiger partial charge in [0.05, 0.1) is 6.54 Å². The van der Waals surface area contributed by atoms with Crippen molar-refractivity contribution in [3.05, 3.63) is 36.2 Å². The first-order valence-electron chi connectivity index (χ1n) is 7.60. The van der Waals surface area contributed by atoms with Crippen LogP contribution in [0.5, 0.6) is 0 Å². The van der Waals surface area contributed by atoms with Crippen LogP contribution in [0.3, 0.4) is 0 Å². The number of pyridine rings is 1. The van der Waals surface area contributed by atoms with Crippen molar-refractivity contribution in [2.45, 2.75) is 31.5 Å². The average molecular weight is 338 g/mol. The van der Waals surface area contributed by atoms with Gasteiger partial charge in [-0.1, -0.05) is 6.07 Å². The average Bonchev–Trinajstić information content (AvgIpc) is 2.54. The number of halogens is 3. The van der Waals surface area contributed by atoms with Crippen molar-refractivity contribution >= 4 is 5.82 Å². The summed E-state index contributed by atoms with van der Waals surface area (Å²) in [7, 11) is 0. The van der Waals surface area contributed by atoms with E-state index < -0.39 is 18.3 Å². The number of β-amino-alcohol motifs (C(OH)–C–C–N with tert-alkyl or cyclic N) is 1. The first kappa shape index (κ1) is 16.6. The second-order valence-corrected chi connectivity index (χ2v) is 5.96. The number of aliphatic hydroxyl groups is 1. The molecule has 1 fully saturated rings. The Bertz CT molecular complexity index is 723. The second-order valence-electron chi connectivity index (χ2n) is 5.96. The Balaban J connectivity index is 1.94. The fourth-order valence-electron chi connectivity index (χ4n) is 2.79. The number of aryl methyl sites for hydroxylation is 1. The van der Waals surface area contributed by atoms with Gasteiger partial charge < -0.3 is 10.0 Å². The van der Waals surface area contributed by atoms with Gasteiger partial charge in [-0.3, -0.25) is 4.98 Å². The molecule has 24 heavy (non-hydrogen) atoms. The summed E-state index contributed by atoms with van der Waals surface area (Å²) in [5, 5.41) is 9.97. The molecule has 3 rings (SSSR count).